The van der Waals surface area contributed by atoms with Gasteiger partial charge in [-0.05, 0) is 12.5 Å². The first-order valence-corrected chi connectivity index (χ1v) is 5.32. The molecule has 0 saturated heterocycles. The third kappa shape index (κ3) is 2.34. The molecule has 0 fully saturated rings. The summed E-state index contributed by atoms with van der Waals surface area (Å²) in [6.45, 7) is 1.87. The van der Waals surface area contributed by atoms with Crippen molar-refractivity contribution in [3.8, 4) is 11.6 Å². The molecule has 16 heavy (non-hydrogen) atoms. The first-order chi connectivity index (χ1) is 7.65. The molecule has 2 heterocycles. The van der Waals surface area contributed by atoms with Crippen molar-refractivity contribution in [3.63, 3.8) is 0 Å². The van der Waals surface area contributed by atoms with Gasteiger partial charge in [0.15, 0.2) is 0 Å². The van der Waals surface area contributed by atoms with Crippen LogP contribution in [0.3, 0.4) is 0 Å². The number of ether oxygens (including phenoxy) is 1. The molecule has 2 aromatic rings. The lowest BCUT2D eigenvalue weighted by molar-refractivity contribution is 0.0702. The van der Waals surface area contributed by atoms with E-state index in [0.717, 1.165) is 16.9 Å². The molecule has 0 aliphatic carbocycles. The molecular weight excluding hydrogens is 228 g/mol. The van der Waals surface area contributed by atoms with Crippen LogP contribution in [-0.4, -0.2) is 21.3 Å². The fraction of sp³-hybridized carbons (Fsp3) is 0.100. The Balaban J connectivity index is 2.17. The second-order valence-corrected chi connectivity index (χ2v) is 4.04. The number of carbonyl (C=O) groups is 1. The largest absolute Gasteiger partial charge is 0.477 e. The number of thiophene rings is 1. The number of hydrogen-bond donors (Lipinski definition) is 1. The molecule has 0 aliphatic heterocycles. The summed E-state index contributed by atoms with van der Waals surface area (Å²) in [4.78, 5) is 10.9. The highest BCUT2D eigenvalue weighted by molar-refractivity contribution is 7.12. The number of aryl methyl sites for hydroxylation is 1. The molecule has 2 rings (SSSR count). The summed E-state index contributed by atoms with van der Waals surface area (Å²) in [5.74, 6) is -0.146. The van der Waals surface area contributed by atoms with Crippen molar-refractivity contribution in [1.82, 2.24) is 10.2 Å². The Bertz CT molecular complexity index is 524. The SMILES string of the molecule is Cc1cnnc(Oc2csc(C(=O)O)c2)c1. The summed E-state index contributed by atoms with van der Waals surface area (Å²) < 4.78 is 5.36. The Hall–Kier alpha value is -1.95. The zero-order valence-corrected chi connectivity index (χ0v) is 9.19. The van der Waals surface area contributed by atoms with E-state index in [1.807, 2.05) is 6.92 Å². The Morgan fingerprint density at radius 1 is 1.50 bits per heavy atom. The van der Waals surface area contributed by atoms with Gasteiger partial charge >= 0.3 is 5.97 Å². The lowest BCUT2D eigenvalue weighted by Gasteiger charge is -2.00. The average molecular weight is 236 g/mol. The number of hydrogen-bond acceptors (Lipinski definition) is 5. The van der Waals surface area contributed by atoms with Gasteiger partial charge in [0, 0.05) is 17.5 Å². The van der Waals surface area contributed by atoms with Crippen molar-refractivity contribution in [2.45, 2.75) is 6.92 Å². The second-order valence-electron chi connectivity index (χ2n) is 3.13. The number of carboxylic acids is 1. The molecule has 0 aromatic carbocycles. The molecule has 0 spiro atoms. The summed E-state index contributed by atoms with van der Waals surface area (Å²) in [6.07, 6.45) is 1.61. The van der Waals surface area contributed by atoms with E-state index in [2.05, 4.69) is 10.2 Å². The van der Waals surface area contributed by atoms with Crippen molar-refractivity contribution in [1.29, 1.82) is 0 Å². The van der Waals surface area contributed by atoms with Gasteiger partial charge in [-0.1, -0.05) is 0 Å². The summed E-state index contributed by atoms with van der Waals surface area (Å²) >= 11 is 1.11. The first-order valence-electron chi connectivity index (χ1n) is 4.44. The summed E-state index contributed by atoms with van der Waals surface area (Å²) in [6, 6.07) is 3.18. The molecule has 0 bridgehead atoms. The van der Waals surface area contributed by atoms with Crippen LogP contribution in [0.5, 0.6) is 11.6 Å². The van der Waals surface area contributed by atoms with Gasteiger partial charge in [0.25, 0.3) is 0 Å². The number of aromatic carboxylic acids is 1. The number of carboxylic acid groups (broad SMARTS) is 1. The minimum atomic E-state index is -0.963. The minimum absolute atomic E-state index is 0.232. The van der Waals surface area contributed by atoms with Crippen LogP contribution < -0.4 is 4.74 Å². The van der Waals surface area contributed by atoms with Crippen LogP contribution in [0.2, 0.25) is 0 Å². The van der Waals surface area contributed by atoms with E-state index >= 15 is 0 Å². The molecule has 0 aliphatic rings. The Morgan fingerprint density at radius 2 is 2.31 bits per heavy atom. The van der Waals surface area contributed by atoms with Gasteiger partial charge < -0.3 is 9.84 Å². The smallest absolute Gasteiger partial charge is 0.346 e. The van der Waals surface area contributed by atoms with Gasteiger partial charge in [-0.3, -0.25) is 0 Å². The lowest BCUT2D eigenvalue weighted by atomic mass is 10.3. The molecule has 0 atom stereocenters. The van der Waals surface area contributed by atoms with E-state index in [4.69, 9.17) is 9.84 Å². The normalized spacial score (nSPS) is 10.1. The predicted molar refractivity (Wildman–Crippen MR) is 58.1 cm³/mol. The fourth-order valence-corrected chi connectivity index (χ4v) is 1.74. The number of rotatable bonds is 3. The van der Waals surface area contributed by atoms with Crippen molar-refractivity contribution in [2.24, 2.45) is 0 Å². The Kier molecular flexibility index (Phi) is 2.82. The third-order valence-corrected chi connectivity index (χ3v) is 2.67. The zero-order valence-electron chi connectivity index (χ0n) is 8.38. The van der Waals surface area contributed by atoms with Gasteiger partial charge in [0.05, 0.1) is 6.20 Å². The molecule has 0 saturated carbocycles. The lowest BCUT2D eigenvalue weighted by Crippen LogP contribution is -1.91. The summed E-state index contributed by atoms with van der Waals surface area (Å²) in [7, 11) is 0. The summed E-state index contributed by atoms with van der Waals surface area (Å²) in [5, 5.41) is 17.9. The Morgan fingerprint density at radius 3 is 2.94 bits per heavy atom. The van der Waals surface area contributed by atoms with Crippen LogP contribution >= 0.6 is 11.3 Å². The van der Waals surface area contributed by atoms with Gasteiger partial charge in [0.1, 0.15) is 10.6 Å². The Labute approximate surface area is 95.3 Å². The molecule has 0 unspecified atom stereocenters. The van der Waals surface area contributed by atoms with Crippen LogP contribution in [-0.2, 0) is 0 Å². The highest BCUT2D eigenvalue weighted by atomic mass is 32.1. The quantitative estimate of drug-likeness (QED) is 0.885. The van der Waals surface area contributed by atoms with Gasteiger partial charge in [-0.25, -0.2) is 4.79 Å². The van der Waals surface area contributed by atoms with E-state index in [1.165, 1.54) is 6.07 Å². The maximum Gasteiger partial charge on any atom is 0.346 e. The van der Waals surface area contributed by atoms with Crippen LogP contribution in [0.4, 0.5) is 0 Å². The highest BCUT2D eigenvalue weighted by Gasteiger charge is 2.08. The van der Waals surface area contributed by atoms with Crippen LogP contribution in [0.1, 0.15) is 15.2 Å². The first kappa shape index (κ1) is 10.6. The van der Waals surface area contributed by atoms with Crippen LogP contribution in [0.15, 0.2) is 23.7 Å². The van der Waals surface area contributed by atoms with Crippen LogP contribution in [0.25, 0.3) is 0 Å². The number of nitrogens with zero attached hydrogens (tertiary/aromatic N) is 2. The maximum atomic E-state index is 10.6. The molecule has 5 nitrogen and oxygen atoms in total. The molecule has 1 N–H and O–H groups in total. The second kappa shape index (κ2) is 4.28. The fourth-order valence-electron chi connectivity index (χ4n) is 1.09. The molecule has 6 heteroatoms. The molecular formula is C10H8N2O3S. The van der Waals surface area contributed by atoms with E-state index in [-0.39, 0.29) is 4.88 Å². The standard InChI is InChI=1S/C10H8N2O3S/c1-6-2-9(12-11-4-6)15-7-3-8(10(13)14)16-5-7/h2-5H,1H3,(H,13,14). The van der Waals surface area contributed by atoms with Crippen molar-refractivity contribution in [2.75, 3.05) is 0 Å². The van der Waals surface area contributed by atoms with Crippen molar-refractivity contribution >= 4 is 17.3 Å². The highest BCUT2D eigenvalue weighted by Crippen LogP contribution is 2.25. The summed E-state index contributed by atoms with van der Waals surface area (Å²) in [5.41, 5.74) is 0.929. The van der Waals surface area contributed by atoms with Crippen molar-refractivity contribution < 1.29 is 14.6 Å². The third-order valence-electron chi connectivity index (χ3n) is 1.78. The predicted octanol–water partition coefficient (Wildman–Crippen LogP) is 2.34. The molecule has 0 radical (unpaired) electrons. The van der Waals surface area contributed by atoms with Gasteiger partial charge in [-0.2, -0.15) is 5.10 Å². The topological polar surface area (TPSA) is 72.3 Å². The van der Waals surface area contributed by atoms with E-state index in [1.54, 1.807) is 17.6 Å². The van der Waals surface area contributed by atoms with Gasteiger partial charge in [0.2, 0.25) is 5.88 Å². The van der Waals surface area contributed by atoms with E-state index in [9.17, 15) is 4.79 Å². The zero-order chi connectivity index (χ0) is 11.5. The molecule has 82 valence electrons. The maximum absolute atomic E-state index is 10.6. The van der Waals surface area contributed by atoms with E-state index < -0.39 is 5.97 Å². The number of aromatic nitrogens is 2. The monoisotopic (exact) mass is 236 g/mol. The van der Waals surface area contributed by atoms with Crippen molar-refractivity contribution in [3.05, 3.63) is 34.2 Å². The average Bonchev–Trinajstić information content (AvgIpc) is 2.66. The minimum Gasteiger partial charge on any atom is -0.477 e. The molecule has 2 aromatic heterocycles. The van der Waals surface area contributed by atoms with Gasteiger partial charge in [-0.15, -0.1) is 16.4 Å². The molecule has 0 amide bonds. The van der Waals surface area contributed by atoms with Crippen LogP contribution in [0, 0.1) is 6.92 Å². The van der Waals surface area contributed by atoms with E-state index in [0.29, 0.717) is 11.6 Å².